The molecule has 0 heterocycles. The van der Waals surface area contributed by atoms with Gasteiger partial charge in [0.1, 0.15) is 0 Å². The highest BCUT2D eigenvalue weighted by Gasteiger charge is 1.99. The number of benzene rings is 1. The van der Waals surface area contributed by atoms with Gasteiger partial charge in [0, 0.05) is 21.0 Å². The highest BCUT2D eigenvalue weighted by molar-refractivity contribution is 8.16. The van der Waals surface area contributed by atoms with Crippen molar-refractivity contribution in [1.82, 2.24) is 0 Å². The van der Waals surface area contributed by atoms with Crippen LogP contribution in [0.2, 0.25) is 0 Å². The first-order valence-corrected chi connectivity index (χ1v) is 7.38. The Balaban J connectivity index is 3.03. The zero-order chi connectivity index (χ0) is 10.6. The molecule has 1 aromatic rings. The molecule has 0 aliphatic heterocycles. The molecule has 0 unspecified atom stereocenters. The minimum absolute atomic E-state index is 0.851. The van der Waals surface area contributed by atoms with Crippen molar-refractivity contribution in [2.24, 2.45) is 0 Å². The van der Waals surface area contributed by atoms with Crippen LogP contribution in [-0.2, 0) is 9.05 Å². The Morgan fingerprint density at radius 3 is 2.57 bits per heavy atom. The van der Waals surface area contributed by atoms with Crippen molar-refractivity contribution < 1.29 is 8.42 Å². The van der Waals surface area contributed by atoms with Crippen molar-refractivity contribution in [2.75, 3.05) is 6.26 Å². The van der Waals surface area contributed by atoms with Gasteiger partial charge in [-0.05, 0) is 24.0 Å². The lowest BCUT2D eigenvalue weighted by atomic mass is 10.2. The molecular weight excluding hydrogens is 240 g/mol. The molecule has 0 amide bonds. The van der Waals surface area contributed by atoms with Gasteiger partial charge in [0.25, 0.3) is 9.05 Å². The Morgan fingerprint density at radius 2 is 2.00 bits per heavy atom. The lowest BCUT2D eigenvalue weighted by Crippen LogP contribution is -1.81. The molecule has 0 saturated heterocycles. The maximum atomic E-state index is 10.7. The predicted octanol–water partition coefficient (Wildman–Crippen LogP) is 2.95. The summed E-state index contributed by atoms with van der Waals surface area (Å²) in [6.45, 7) is 0. The standard InChI is InChI=1S/C9H9ClO2S2/c1-13-9-5-3-2-4-8(9)6-7-14(10,11)12/h2-7H,1H3/b7-6+. The van der Waals surface area contributed by atoms with Crippen LogP contribution in [0.1, 0.15) is 5.56 Å². The van der Waals surface area contributed by atoms with E-state index in [-0.39, 0.29) is 0 Å². The molecule has 2 nitrogen and oxygen atoms in total. The summed E-state index contributed by atoms with van der Waals surface area (Å²) in [5.74, 6) is 0. The van der Waals surface area contributed by atoms with Crippen LogP contribution in [0.15, 0.2) is 34.6 Å². The molecule has 0 fully saturated rings. The second kappa shape index (κ2) is 4.87. The second-order valence-corrected chi connectivity index (χ2v) is 5.88. The van der Waals surface area contributed by atoms with E-state index in [0.29, 0.717) is 0 Å². The smallest absolute Gasteiger partial charge is 0.208 e. The number of halogens is 1. The van der Waals surface area contributed by atoms with E-state index in [2.05, 4.69) is 0 Å². The van der Waals surface area contributed by atoms with Gasteiger partial charge in [-0.15, -0.1) is 11.8 Å². The van der Waals surface area contributed by atoms with Crippen LogP contribution in [0, 0.1) is 0 Å². The van der Waals surface area contributed by atoms with Crippen molar-refractivity contribution in [2.45, 2.75) is 4.90 Å². The highest BCUT2D eigenvalue weighted by Crippen LogP contribution is 2.21. The number of hydrogen-bond donors (Lipinski definition) is 0. The summed E-state index contributed by atoms with van der Waals surface area (Å²) in [5.41, 5.74) is 0.851. The highest BCUT2D eigenvalue weighted by atomic mass is 35.7. The van der Waals surface area contributed by atoms with Crippen molar-refractivity contribution in [3.8, 4) is 0 Å². The Labute approximate surface area is 92.4 Å². The molecule has 5 heteroatoms. The second-order valence-electron chi connectivity index (χ2n) is 2.52. The minimum Gasteiger partial charge on any atom is -0.208 e. The molecular formula is C9H9ClO2S2. The van der Waals surface area contributed by atoms with Gasteiger partial charge >= 0.3 is 0 Å². The third-order valence-corrected chi connectivity index (χ3v) is 3.13. The molecule has 1 rings (SSSR count). The van der Waals surface area contributed by atoms with Crippen molar-refractivity contribution >= 4 is 37.6 Å². The van der Waals surface area contributed by atoms with E-state index in [1.54, 1.807) is 11.8 Å². The fraction of sp³-hybridized carbons (Fsp3) is 0.111. The predicted molar refractivity (Wildman–Crippen MR) is 62.0 cm³/mol. The zero-order valence-electron chi connectivity index (χ0n) is 7.48. The van der Waals surface area contributed by atoms with Crippen LogP contribution in [-0.4, -0.2) is 14.7 Å². The van der Waals surface area contributed by atoms with E-state index in [1.165, 1.54) is 6.08 Å². The van der Waals surface area contributed by atoms with Gasteiger partial charge in [-0.25, -0.2) is 8.42 Å². The summed E-state index contributed by atoms with van der Waals surface area (Å²) in [5, 5.41) is 0.990. The summed E-state index contributed by atoms with van der Waals surface area (Å²) < 4.78 is 21.4. The van der Waals surface area contributed by atoms with Gasteiger partial charge in [0.15, 0.2) is 0 Å². The summed E-state index contributed by atoms with van der Waals surface area (Å²) in [4.78, 5) is 1.02. The maximum Gasteiger partial charge on any atom is 0.254 e. The average Bonchev–Trinajstić information content (AvgIpc) is 2.14. The van der Waals surface area contributed by atoms with E-state index in [9.17, 15) is 8.42 Å². The van der Waals surface area contributed by atoms with Gasteiger partial charge in [0.2, 0.25) is 0 Å². The van der Waals surface area contributed by atoms with Crippen molar-refractivity contribution in [3.05, 3.63) is 35.2 Å². The summed E-state index contributed by atoms with van der Waals surface area (Å²) in [6, 6.07) is 7.51. The molecule has 0 bridgehead atoms. The number of rotatable bonds is 3. The Morgan fingerprint density at radius 1 is 1.36 bits per heavy atom. The summed E-state index contributed by atoms with van der Waals surface area (Å²) >= 11 is 1.56. The van der Waals surface area contributed by atoms with E-state index >= 15 is 0 Å². The Hall–Kier alpha value is -0.450. The molecule has 76 valence electrons. The first-order chi connectivity index (χ1) is 6.53. The number of hydrogen-bond acceptors (Lipinski definition) is 3. The quantitative estimate of drug-likeness (QED) is 0.609. The molecule has 1 aromatic carbocycles. The molecule has 0 aromatic heterocycles. The van der Waals surface area contributed by atoms with Crippen LogP contribution < -0.4 is 0 Å². The average molecular weight is 249 g/mol. The molecule has 0 N–H and O–H groups in total. The fourth-order valence-corrected chi connectivity index (χ4v) is 2.01. The van der Waals surface area contributed by atoms with Crippen LogP contribution in [0.3, 0.4) is 0 Å². The fourth-order valence-electron chi connectivity index (χ4n) is 0.959. The lowest BCUT2D eigenvalue weighted by Gasteiger charge is -2.00. The van der Waals surface area contributed by atoms with Crippen molar-refractivity contribution in [1.29, 1.82) is 0 Å². The van der Waals surface area contributed by atoms with E-state index in [4.69, 9.17) is 10.7 Å². The van der Waals surface area contributed by atoms with Gasteiger partial charge in [-0.1, -0.05) is 18.2 Å². The van der Waals surface area contributed by atoms with Gasteiger partial charge < -0.3 is 0 Å². The zero-order valence-corrected chi connectivity index (χ0v) is 9.86. The molecule has 0 spiro atoms. The molecule has 0 saturated carbocycles. The van der Waals surface area contributed by atoms with E-state index in [0.717, 1.165) is 15.9 Å². The van der Waals surface area contributed by atoms with Crippen LogP contribution >= 0.6 is 22.4 Å². The Bertz CT molecular complexity index is 438. The van der Waals surface area contributed by atoms with E-state index in [1.807, 2.05) is 30.5 Å². The first kappa shape index (κ1) is 11.6. The normalized spacial score (nSPS) is 12.1. The lowest BCUT2D eigenvalue weighted by molar-refractivity contribution is 0.617. The van der Waals surface area contributed by atoms with Crippen LogP contribution in [0.5, 0.6) is 0 Å². The van der Waals surface area contributed by atoms with Gasteiger partial charge in [-0.3, -0.25) is 0 Å². The summed E-state index contributed by atoms with van der Waals surface area (Å²) in [6.07, 6.45) is 3.43. The minimum atomic E-state index is -3.56. The van der Waals surface area contributed by atoms with Crippen LogP contribution in [0.25, 0.3) is 6.08 Å². The molecule has 0 radical (unpaired) electrons. The summed E-state index contributed by atoms with van der Waals surface area (Å²) in [7, 11) is 1.49. The monoisotopic (exact) mass is 248 g/mol. The topological polar surface area (TPSA) is 34.1 Å². The molecule has 14 heavy (non-hydrogen) atoms. The third-order valence-electron chi connectivity index (χ3n) is 1.55. The van der Waals surface area contributed by atoms with Crippen molar-refractivity contribution in [3.63, 3.8) is 0 Å². The third kappa shape index (κ3) is 3.74. The van der Waals surface area contributed by atoms with Gasteiger partial charge in [0.05, 0.1) is 0 Å². The SMILES string of the molecule is CSc1ccccc1/C=C/S(=O)(=O)Cl. The van der Waals surface area contributed by atoms with Crippen LogP contribution in [0.4, 0.5) is 0 Å². The van der Waals surface area contributed by atoms with E-state index < -0.39 is 9.05 Å². The first-order valence-electron chi connectivity index (χ1n) is 3.79. The maximum absolute atomic E-state index is 10.7. The molecule has 0 atom stereocenters. The molecule has 0 aliphatic rings. The number of thioether (sulfide) groups is 1. The van der Waals surface area contributed by atoms with Gasteiger partial charge in [-0.2, -0.15) is 0 Å². The Kier molecular flexibility index (Phi) is 4.04. The largest absolute Gasteiger partial charge is 0.254 e. The molecule has 0 aliphatic carbocycles.